The molecule has 0 saturated heterocycles. The number of carbonyl (C=O) groups excluding carboxylic acids is 1. The minimum absolute atomic E-state index is 0.0400. The van der Waals surface area contributed by atoms with E-state index in [1.54, 1.807) is 12.4 Å². The van der Waals surface area contributed by atoms with E-state index in [1.807, 2.05) is 25.1 Å². The van der Waals surface area contributed by atoms with Gasteiger partial charge in [-0.15, -0.1) is 11.3 Å². The zero-order valence-corrected chi connectivity index (χ0v) is 16.4. The number of rotatable bonds is 4. The Morgan fingerprint density at radius 2 is 1.83 bits per heavy atom. The number of carbonyl (C=O) groups is 1. The number of hydrogen-bond donors (Lipinski definition) is 0. The molecule has 0 fully saturated rings. The second-order valence-corrected chi connectivity index (χ2v) is 9.09. The first-order valence-corrected chi connectivity index (χ1v) is 9.81. The number of benzene rings is 1. The van der Waals surface area contributed by atoms with E-state index in [0.717, 1.165) is 25.7 Å². The molecule has 0 radical (unpaired) electrons. The van der Waals surface area contributed by atoms with Gasteiger partial charge in [-0.2, -0.15) is 0 Å². The van der Waals surface area contributed by atoms with E-state index in [4.69, 9.17) is 0 Å². The van der Waals surface area contributed by atoms with E-state index in [1.165, 1.54) is 25.1 Å². The van der Waals surface area contributed by atoms with Crippen molar-refractivity contribution in [2.45, 2.75) is 11.8 Å². The molecule has 2 aromatic rings. The summed E-state index contributed by atoms with van der Waals surface area (Å²) < 4.78 is 26.7. The van der Waals surface area contributed by atoms with Crippen molar-refractivity contribution >= 4 is 48.9 Å². The number of thiophene rings is 1. The lowest BCUT2D eigenvalue weighted by molar-refractivity contribution is 0.0994. The number of amides is 1. The van der Waals surface area contributed by atoms with Gasteiger partial charge in [0.1, 0.15) is 9.77 Å². The maximum Gasteiger partial charge on any atom is 0.269 e. The minimum Gasteiger partial charge on any atom is -0.311 e. The Morgan fingerprint density at radius 3 is 2.39 bits per heavy atom. The monoisotopic (exact) mass is 416 g/mol. The van der Waals surface area contributed by atoms with Gasteiger partial charge in [-0.05, 0) is 42.1 Å². The van der Waals surface area contributed by atoms with Crippen LogP contribution in [0.1, 0.15) is 15.2 Å². The zero-order chi connectivity index (χ0) is 17.4. The van der Waals surface area contributed by atoms with Crippen molar-refractivity contribution < 1.29 is 13.2 Å². The molecule has 0 aliphatic heterocycles. The van der Waals surface area contributed by atoms with Crippen molar-refractivity contribution in [3.8, 4) is 0 Å². The Morgan fingerprint density at radius 1 is 1.17 bits per heavy atom. The van der Waals surface area contributed by atoms with Crippen LogP contribution in [-0.2, 0) is 10.0 Å². The topological polar surface area (TPSA) is 57.7 Å². The van der Waals surface area contributed by atoms with Crippen molar-refractivity contribution in [3.63, 3.8) is 0 Å². The van der Waals surface area contributed by atoms with Crippen LogP contribution in [0.2, 0.25) is 0 Å². The maximum atomic E-state index is 12.7. The Hall–Kier alpha value is -1.22. The van der Waals surface area contributed by atoms with Gasteiger partial charge >= 0.3 is 0 Å². The van der Waals surface area contributed by atoms with Crippen LogP contribution < -0.4 is 4.90 Å². The first kappa shape index (κ1) is 18.1. The third-order valence-electron chi connectivity index (χ3n) is 3.42. The fourth-order valence-corrected chi connectivity index (χ4v) is 4.47. The lowest BCUT2D eigenvalue weighted by atomic mass is 10.2. The summed E-state index contributed by atoms with van der Waals surface area (Å²) in [7, 11) is 0.880. The normalized spacial score (nSPS) is 11.7. The molecule has 1 amide bonds. The molecular formula is C15H17BrN2O3S2. The molecule has 0 atom stereocenters. The van der Waals surface area contributed by atoms with Gasteiger partial charge in [0.2, 0.25) is 10.0 Å². The molecule has 0 saturated carbocycles. The van der Waals surface area contributed by atoms with Gasteiger partial charge in [0, 0.05) is 31.3 Å². The molecule has 0 aliphatic carbocycles. The number of halogens is 1. The molecule has 0 unspecified atom stereocenters. The molecule has 0 bridgehead atoms. The summed E-state index contributed by atoms with van der Waals surface area (Å²) in [5.41, 5.74) is 1.70. The Bertz CT molecular complexity index is 844. The molecule has 23 heavy (non-hydrogen) atoms. The van der Waals surface area contributed by atoms with Crippen molar-refractivity contribution in [3.05, 3.63) is 44.6 Å². The number of hydrogen-bond acceptors (Lipinski definition) is 4. The van der Waals surface area contributed by atoms with Crippen LogP contribution in [0.4, 0.5) is 5.69 Å². The first-order chi connectivity index (χ1) is 10.7. The summed E-state index contributed by atoms with van der Waals surface area (Å²) in [6.07, 6.45) is 0. The van der Waals surface area contributed by atoms with Crippen LogP contribution in [0.5, 0.6) is 0 Å². The number of aryl methyl sites for hydroxylation is 1. The first-order valence-electron chi connectivity index (χ1n) is 6.70. The van der Waals surface area contributed by atoms with Crippen molar-refractivity contribution in [1.82, 2.24) is 4.31 Å². The highest BCUT2D eigenvalue weighted by atomic mass is 79.9. The number of nitrogens with zero attached hydrogens (tertiary/aromatic N) is 2. The summed E-state index contributed by atoms with van der Waals surface area (Å²) in [6.45, 7) is 1.93. The number of anilines is 1. The number of sulfonamides is 1. The van der Waals surface area contributed by atoms with Crippen LogP contribution in [0.3, 0.4) is 0 Å². The highest BCUT2D eigenvalue weighted by molar-refractivity contribution is 9.10. The van der Waals surface area contributed by atoms with Gasteiger partial charge < -0.3 is 4.90 Å². The van der Waals surface area contributed by atoms with Crippen molar-refractivity contribution in [2.24, 2.45) is 0 Å². The molecule has 1 aromatic heterocycles. The summed E-state index contributed by atoms with van der Waals surface area (Å²) in [5, 5.41) is 1.62. The SMILES string of the molecule is Cc1cc(N(C)C(=O)c2sccc2S(=O)(=O)N(C)C)ccc1Br. The molecule has 2 rings (SSSR count). The standard InChI is InChI=1S/C15H17BrN2O3S2/c1-10-9-11(5-6-12(10)16)18(4)15(19)14-13(7-8-22-14)23(20,21)17(2)3/h5-9H,1-4H3. The van der Waals surface area contributed by atoms with E-state index in [2.05, 4.69) is 15.9 Å². The molecule has 0 aliphatic rings. The fourth-order valence-electron chi connectivity index (χ4n) is 1.96. The quantitative estimate of drug-likeness (QED) is 0.767. The molecule has 0 N–H and O–H groups in total. The van der Waals surface area contributed by atoms with Gasteiger partial charge in [0.15, 0.2) is 0 Å². The molecule has 1 heterocycles. The lowest BCUT2D eigenvalue weighted by Gasteiger charge is -2.19. The third kappa shape index (κ3) is 3.50. The van der Waals surface area contributed by atoms with Gasteiger partial charge in [-0.1, -0.05) is 15.9 Å². The summed E-state index contributed by atoms with van der Waals surface area (Å²) in [6, 6.07) is 7.01. The second-order valence-electron chi connectivity index (χ2n) is 5.20. The Kier molecular flexibility index (Phi) is 5.30. The lowest BCUT2D eigenvalue weighted by Crippen LogP contribution is -2.29. The largest absolute Gasteiger partial charge is 0.311 e. The highest BCUT2D eigenvalue weighted by Crippen LogP contribution is 2.28. The smallest absolute Gasteiger partial charge is 0.269 e. The van der Waals surface area contributed by atoms with Gasteiger partial charge in [-0.3, -0.25) is 4.79 Å². The Labute approximate surface area is 148 Å². The Balaban J connectivity index is 2.42. The van der Waals surface area contributed by atoms with Crippen LogP contribution >= 0.6 is 27.3 Å². The van der Waals surface area contributed by atoms with E-state index < -0.39 is 10.0 Å². The zero-order valence-electron chi connectivity index (χ0n) is 13.2. The van der Waals surface area contributed by atoms with Crippen LogP contribution in [0, 0.1) is 6.92 Å². The summed E-state index contributed by atoms with van der Waals surface area (Å²) >= 11 is 4.55. The van der Waals surface area contributed by atoms with Crippen LogP contribution in [0.15, 0.2) is 39.0 Å². The predicted molar refractivity (Wildman–Crippen MR) is 96.8 cm³/mol. The van der Waals surface area contributed by atoms with Crippen molar-refractivity contribution in [2.75, 3.05) is 26.0 Å². The van der Waals surface area contributed by atoms with E-state index in [9.17, 15) is 13.2 Å². The average molecular weight is 417 g/mol. The predicted octanol–water partition coefficient (Wildman–Crippen LogP) is 3.35. The van der Waals surface area contributed by atoms with Crippen LogP contribution in [0.25, 0.3) is 0 Å². The minimum atomic E-state index is -3.65. The molecule has 5 nitrogen and oxygen atoms in total. The van der Waals surface area contributed by atoms with Crippen molar-refractivity contribution in [1.29, 1.82) is 0 Å². The van der Waals surface area contributed by atoms with Gasteiger partial charge in [0.25, 0.3) is 5.91 Å². The molecule has 8 heteroatoms. The molecule has 0 spiro atoms. The fraction of sp³-hybridized carbons (Fsp3) is 0.267. The van der Waals surface area contributed by atoms with E-state index in [-0.39, 0.29) is 15.7 Å². The van der Waals surface area contributed by atoms with E-state index in [0.29, 0.717) is 5.69 Å². The summed E-state index contributed by atoms with van der Waals surface area (Å²) in [5.74, 6) is -0.345. The molecule has 124 valence electrons. The maximum absolute atomic E-state index is 12.7. The molecular weight excluding hydrogens is 400 g/mol. The van der Waals surface area contributed by atoms with E-state index >= 15 is 0 Å². The van der Waals surface area contributed by atoms with Gasteiger partial charge in [0.05, 0.1) is 0 Å². The molecule has 1 aromatic carbocycles. The van der Waals surface area contributed by atoms with Crippen LogP contribution in [-0.4, -0.2) is 39.8 Å². The highest BCUT2D eigenvalue weighted by Gasteiger charge is 2.28. The average Bonchev–Trinajstić information content (AvgIpc) is 2.98. The summed E-state index contributed by atoms with van der Waals surface area (Å²) in [4.78, 5) is 14.4. The van der Waals surface area contributed by atoms with Gasteiger partial charge in [-0.25, -0.2) is 12.7 Å². The second kappa shape index (κ2) is 6.72. The third-order valence-corrected chi connectivity index (χ3v) is 7.19.